The fraction of sp³-hybridized carbons (Fsp3) is 0.200. The average molecular weight is 442 g/mol. The molecule has 8 nitrogen and oxygen atoms in total. The summed E-state index contributed by atoms with van der Waals surface area (Å²) in [6.45, 7) is 1.13. The highest BCUT2D eigenvalue weighted by Crippen LogP contribution is 2.21. The average Bonchev–Trinajstić information content (AvgIpc) is 3.12. The van der Waals surface area contributed by atoms with Gasteiger partial charge in [-0.05, 0) is 47.4 Å². The molecule has 0 aliphatic carbocycles. The number of aromatic nitrogens is 2. The molecule has 8 heteroatoms. The van der Waals surface area contributed by atoms with Crippen molar-refractivity contribution < 1.29 is 14.0 Å². The van der Waals surface area contributed by atoms with Crippen molar-refractivity contribution in [3.05, 3.63) is 88.7 Å². The number of benzene rings is 2. The van der Waals surface area contributed by atoms with Gasteiger partial charge >= 0.3 is 5.76 Å². The van der Waals surface area contributed by atoms with Crippen molar-refractivity contribution in [2.45, 2.75) is 6.42 Å². The Bertz CT molecular complexity index is 1360. The van der Waals surface area contributed by atoms with Gasteiger partial charge in [0.1, 0.15) is 0 Å². The van der Waals surface area contributed by atoms with E-state index in [1.54, 1.807) is 29.3 Å². The number of H-pyrrole nitrogens is 1. The lowest BCUT2D eigenvalue weighted by molar-refractivity contribution is -0.124. The van der Waals surface area contributed by atoms with Crippen LogP contribution in [0.2, 0.25) is 0 Å². The molecule has 166 valence electrons. The molecule has 2 N–H and O–H groups in total. The molecule has 0 unspecified atom stereocenters. The zero-order valence-corrected chi connectivity index (χ0v) is 17.8. The standard InChI is InChI=1S/C25H22N4O4/c30-23-20(12-16-3-5-17(6-4-16)19-2-1-9-26-14-19)15-29(11-10-27-23)24(31)18-7-8-22-21(13-18)28-25(32)33-22/h1-9,13-14,20H,10-12,15H2,(H,27,30)(H,28,32)/t20-/m0/s1. The van der Waals surface area contributed by atoms with Gasteiger partial charge in [-0.15, -0.1) is 0 Å². The third-order valence-electron chi connectivity index (χ3n) is 5.88. The van der Waals surface area contributed by atoms with Crippen LogP contribution in [-0.2, 0) is 11.2 Å². The fourth-order valence-corrected chi connectivity index (χ4v) is 4.16. The van der Waals surface area contributed by atoms with Gasteiger partial charge in [0.15, 0.2) is 5.58 Å². The van der Waals surface area contributed by atoms with Crippen LogP contribution >= 0.6 is 0 Å². The van der Waals surface area contributed by atoms with Crippen LogP contribution in [0.5, 0.6) is 0 Å². The molecule has 0 radical (unpaired) electrons. The van der Waals surface area contributed by atoms with Gasteiger partial charge in [0.25, 0.3) is 5.91 Å². The molecule has 1 fully saturated rings. The molecule has 0 bridgehead atoms. The summed E-state index contributed by atoms with van der Waals surface area (Å²) in [5.41, 5.74) is 4.42. The zero-order chi connectivity index (χ0) is 22.8. The molecule has 33 heavy (non-hydrogen) atoms. The maximum atomic E-state index is 13.2. The highest BCUT2D eigenvalue weighted by Gasteiger charge is 2.28. The number of hydrogen-bond donors (Lipinski definition) is 2. The van der Waals surface area contributed by atoms with Gasteiger partial charge in [-0.2, -0.15) is 0 Å². The Morgan fingerprint density at radius 2 is 1.94 bits per heavy atom. The summed E-state index contributed by atoms with van der Waals surface area (Å²) in [6.07, 6.45) is 4.08. The van der Waals surface area contributed by atoms with Crippen molar-refractivity contribution >= 4 is 22.9 Å². The Morgan fingerprint density at radius 3 is 2.73 bits per heavy atom. The van der Waals surface area contributed by atoms with Crippen molar-refractivity contribution in [1.82, 2.24) is 20.2 Å². The molecule has 1 atom stereocenters. The lowest BCUT2D eigenvalue weighted by atomic mass is 9.96. The number of carbonyl (C=O) groups excluding carboxylic acids is 2. The van der Waals surface area contributed by atoms with Gasteiger partial charge < -0.3 is 14.6 Å². The first-order valence-corrected chi connectivity index (χ1v) is 10.8. The number of aromatic amines is 1. The Hall–Kier alpha value is -4.20. The summed E-state index contributed by atoms with van der Waals surface area (Å²) >= 11 is 0. The highest BCUT2D eigenvalue weighted by atomic mass is 16.4. The molecule has 2 aromatic heterocycles. The van der Waals surface area contributed by atoms with E-state index in [0.717, 1.165) is 16.7 Å². The lowest BCUT2D eigenvalue weighted by Gasteiger charge is -2.23. The lowest BCUT2D eigenvalue weighted by Crippen LogP contribution is -2.37. The third-order valence-corrected chi connectivity index (χ3v) is 5.88. The number of fused-ring (bicyclic) bond motifs is 1. The number of nitrogens with one attached hydrogen (secondary N) is 2. The predicted octanol–water partition coefficient (Wildman–Crippen LogP) is 2.61. The van der Waals surface area contributed by atoms with Crippen LogP contribution in [0.3, 0.4) is 0 Å². The molecule has 2 aromatic carbocycles. The Labute approximate surface area is 189 Å². The smallest absolute Gasteiger partial charge is 0.408 e. The van der Waals surface area contributed by atoms with Crippen LogP contribution in [0.25, 0.3) is 22.2 Å². The number of rotatable bonds is 4. The van der Waals surface area contributed by atoms with E-state index in [9.17, 15) is 14.4 Å². The summed E-state index contributed by atoms with van der Waals surface area (Å²) in [6, 6.07) is 16.8. The summed E-state index contributed by atoms with van der Waals surface area (Å²) in [5, 5.41) is 2.92. The highest BCUT2D eigenvalue weighted by molar-refractivity contribution is 5.97. The maximum Gasteiger partial charge on any atom is 0.417 e. The van der Waals surface area contributed by atoms with Crippen LogP contribution in [0, 0.1) is 5.92 Å². The zero-order valence-electron chi connectivity index (χ0n) is 17.8. The van der Waals surface area contributed by atoms with Gasteiger partial charge in [0.2, 0.25) is 5.91 Å². The quantitative estimate of drug-likeness (QED) is 0.505. The van der Waals surface area contributed by atoms with Gasteiger partial charge in [-0.1, -0.05) is 30.3 Å². The van der Waals surface area contributed by atoms with Gasteiger partial charge in [-0.3, -0.25) is 19.6 Å². The molecule has 1 aliphatic rings. The van der Waals surface area contributed by atoms with Gasteiger partial charge in [0.05, 0.1) is 11.4 Å². The van der Waals surface area contributed by atoms with Crippen LogP contribution in [-0.4, -0.2) is 46.3 Å². The van der Waals surface area contributed by atoms with E-state index in [1.165, 1.54) is 0 Å². The minimum absolute atomic E-state index is 0.0590. The molecule has 3 heterocycles. The monoisotopic (exact) mass is 442 g/mol. The number of nitrogens with zero attached hydrogens (tertiary/aromatic N) is 2. The molecule has 1 saturated heterocycles. The van der Waals surface area contributed by atoms with Crippen molar-refractivity contribution in [2.75, 3.05) is 19.6 Å². The first kappa shape index (κ1) is 20.7. The van der Waals surface area contributed by atoms with Crippen molar-refractivity contribution in [1.29, 1.82) is 0 Å². The van der Waals surface area contributed by atoms with E-state index in [-0.39, 0.29) is 17.7 Å². The van der Waals surface area contributed by atoms with Crippen molar-refractivity contribution in [3.63, 3.8) is 0 Å². The molecular formula is C25H22N4O4. The fourth-order valence-electron chi connectivity index (χ4n) is 4.16. The topological polar surface area (TPSA) is 108 Å². The number of hydrogen-bond acceptors (Lipinski definition) is 5. The minimum atomic E-state index is -0.561. The predicted molar refractivity (Wildman–Crippen MR) is 123 cm³/mol. The maximum absolute atomic E-state index is 13.2. The normalized spacial score (nSPS) is 16.4. The van der Waals surface area contributed by atoms with Crippen molar-refractivity contribution in [3.8, 4) is 11.1 Å². The van der Waals surface area contributed by atoms with Crippen LogP contribution in [0.1, 0.15) is 15.9 Å². The van der Waals surface area contributed by atoms with Crippen LogP contribution < -0.4 is 11.1 Å². The molecule has 0 spiro atoms. The largest absolute Gasteiger partial charge is 0.417 e. The molecule has 1 aliphatic heterocycles. The number of carbonyl (C=O) groups is 2. The first-order chi connectivity index (χ1) is 16.1. The van der Waals surface area contributed by atoms with E-state index < -0.39 is 5.76 Å². The Morgan fingerprint density at radius 1 is 1.09 bits per heavy atom. The molecule has 2 amide bonds. The first-order valence-electron chi connectivity index (χ1n) is 10.8. The second kappa shape index (κ2) is 8.74. The van der Waals surface area contributed by atoms with Crippen LogP contribution in [0.15, 0.2) is 76.2 Å². The van der Waals surface area contributed by atoms with E-state index in [4.69, 9.17) is 4.42 Å². The van der Waals surface area contributed by atoms with Gasteiger partial charge in [-0.25, -0.2) is 4.79 Å². The minimum Gasteiger partial charge on any atom is -0.408 e. The molecular weight excluding hydrogens is 420 g/mol. The summed E-state index contributed by atoms with van der Waals surface area (Å²) in [5.74, 6) is -1.17. The molecule has 5 rings (SSSR count). The summed E-state index contributed by atoms with van der Waals surface area (Å²) in [4.78, 5) is 45.7. The Balaban J connectivity index is 1.32. The molecule has 4 aromatic rings. The summed E-state index contributed by atoms with van der Waals surface area (Å²) in [7, 11) is 0. The van der Waals surface area contributed by atoms with E-state index in [2.05, 4.69) is 15.3 Å². The van der Waals surface area contributed by atoms with E-state index in [0.29, 0.717) is 42.7 Å². The number of oxazole rings is 1. The van der Waals surface area contributed by atoms with Gasteiger partial charge in [0, 0.05) is 37.6 Å². The van der Waals surface area contributed by atoms with Crippen molar-refractivity contribution in [2.24, 2.45) is 5.92 Å². The molecule has 0 saturated carbocycles. The summed E-state index contributed by atoms with van der Waals surface area (Å²) < 4.78 is 5.01. The van der Waals surface area contributed by atoms with Crippen LogP contribution in [0.4, 0.5) is 0 Å². The SMILES string of the molecule is O=C1NCCN(C(=O)c2ccc3oc(=O)[nH]c3c2)C[C@@H]1Cc1ccc(-c2cccnc2)cc1. The van der Waals surface area contributed by atoms with E-state index >= 15 is 0 Å². The number of amides is 2. The third kappa shape index (κ3) is 4.41. The second-order valence-corrected chi connectivity index (χ2v) is 8.11. The Kier molecular flexibility index (Phi) is 5.48. The second-order valence-electron chi connectivity index (χ2n) is 8.11. The van der Waals surface area contributed by atoms with E-state index in [1.807, 2.05) is 42.6 Å². The number of pyridine rings is 1.